The van der Waals surface area contributed by atoms with Gasteiger partial charge in [-0.3, -0.25) is 4.99 Å². The number of aliphatic imine (C=N–C) groups is 1. The van der Waals surface area contributed by atoms with Gasteiger partial charge in [-0.2, -0.15) is 0 Å². The molecule has 0 saturated heterocycles. The Bertz CT molecular complexity index is 852. The number of hydrogen-bond donors (Lipinski definition) is 0. The Hall–Kier alpha value is -1.80. The SMILES string of the molecule is CCCCc1ccc(N=Cc2cc3c(cc2Cl)N(CCC)C(C)(C)CC3C)cc1. The van der Waals surface area contributed by atoms with E-state index in [2.05, 4.69) is 75.9 Å². The smallest absolute Gasteiger partial charge is 0.0630 e. The summed E-state index contributed by atoms with van der Waals surface area (Å²) in [6, 6.07) is 13.0. The minimum absolute atomic E-state index is 0.154. The highest BCUT2D eigenvalue weighted by atomic mass is 35.5. The number of benzene rings is 2. The summed E-state index contributed by atoms with van der Waals surface area (Å²) < 4.78 is 0. The van der Waals surface area contributed by atoms with Crippen LogP contribution in [0, 0.1) is 0 Å². The zero-order valence-electron chi connectivity index (χ0n) is 18.6. The molecule has 1 atom stereocenters. The average molecular weight is 411 g/mol. The van der Waals surface area contributed by atoms with Gasteiger partial charge in [0.15, 0.2) is 0 Å². The van der Waals surface area contributed by atoms with Crippen LogP contribution in [0.5, 0.6) is 0 Å². The topological polar surface area (TPSA) is 15.6 Å². The van der Waals surface area contributed by atoms with Gasteiger partial charge in [0.25, 0.3) is 0 Å². The van der Waals surface area contributed by atoms with E-state index in [-0.39, 0.29) is 5.54 Å². The highest BCUT2D eigenvalue weighted by Crippen LogP contribution is 2.45. The lowest BCUT2D eigenvalue weighted by Crippen LogP contribution is -2.48. The van der Waals surface area contributed by atoms with Crippen LogP contribution in [0.2, 0.25) is 5.02 Å². The van der Waals surface area contributed by atoms with E-state index < -0.39 is 0 Å². The standard InChI is InChI=1S/C26H35ClN2/c1-6-8-9-20-10-12-22(13-11-20)28-18-21-15-23-19(3)17-26(4,5)29(14-7-2)25(23)16-24(21)27/h10-13,15-16,18-19H,6-9,14,17H2,1-5H3. The van der Waals surface area contributed by atoms with Crippen LogP contribution in [-0.2, 0) is 6.42 Å². The van der Waals surface area contributed by atoms with Gasteiger partial charge in [0.1, 0.15) is 0 Å². The summed E-state index contributed by atoms with van der Waals surface area (Å²) in [5.74, 6) is 0.510. The third-order valence-corrected chi connectivity index (χ3v) is 6.39. The maximum atomic E-state index is 6.70. The van der Waals surface area contributed by atoms with E-state index >= 15 is 0 Å². The molecule has 0 N–H and O–H groups in total. The van der Waals surface area contributed by atoms with Crippen molar-refractivity contribution in [3.63, 3.8) is 0 Å². The average Bonchev–Trinajstić information content (AvgIpc) is 2.68. The first-order chi connectivity index (χ1) is 13.9. The van der Waals surface area contributed by atoms with E-state index in [9.17, 15) is 0 Å². The van der Waals surface area contributed by atoms with Crippen molar-refractivity contribution in [2.75, 3.05) is 11.4 Å². The second-order valence-electron chi connectivity index (χ2n) is 9.03. The second kappa shape index (κ2) is 9.34. The van der Waals surface area contributed by atoms with E-state index in [1.807, 2.05) is 6.21 Å². The lowest BCUT2D eigenvalue weighted by molar-refractivity contribution is 0.376. The number of rotatable bonds is 7. The van der Waals surface area contributed by atoms with Gasteiger partial charge in [0.05, 0.1) is 10.7 Å². The van der Waals surface area contributed by atoms with E-state index in [4.69, 9.17) is 16.6 Å². The zero-order valence-corrected chi connectivity index (χ0v) is 19.4. The molecule has 0 radical (unpaired) electrons. The molecule has 3 heteroatoms. The quantitative estimate of drug-likeness (QED) is 0.423. The van der Waals surface area contributed by atoms with Gasteiger partial charge in [-0.25, -0.2) is 0 Å². The summed E-state index contributed by atoms with van der Waals surface area (Å²) >= 11 is 6.70. The molecule has 0 aromatic heterocycles. The predicted molar refractivity (Wildman–Crippen MR) is 129 cm³/mol. The number of halogens is 1. The number of hydrogen-bond acceptors (Lipinski definition) is 2. The molecule has 2 nitrogen and oxygen atoms in total. The monoisotopic (exact) mass is 410 g/mol. The Kier molecular flexibility index (Phi) is 7.05. The molecule has 0 amide bonds. The molecule has 1 aliphatic rings. The van der Waals surface area contributed by atoms with Crippen molar-refractivity contribution in [3.05, 3.63) is 58.1 Å². The largest absolute Gasteiger partial charge is 0.366 e. The third-order valence-electron chi connectivity index (χ3n) is 6.06. The molecular formula is C26H35ClN2. The van der Waals surface area contributed by atoms with Gasteiger partial charge in [-0.1, -0.05) is 50.9 Å². The van der Waals surface area contributed by atoms with Gasteiger partial charge in [-0.05, 0) is 80.8 Å². The van der Waals surface area contributed by atoms with Gasteiger partial charge in [0.2, 0.25) is 0 Å². The highest BCUT2D eigenvalue weighted by molar-refractivity contribution is 6.33. The maximum absolute atomic E-state index is 6.70. The third kappa shape index (κ3) is 5.04. The number of fused-ring (bicyclic) bond motifs is 1. The van der Waals surface area contributed by atoms with Gasteiger partial charge in [-0.15, -0.1) is 0 Å². The molecule has 29 heavy (non-hydrogen) atoms. The van der Waals surface area contributed by atoms with Crippen molar-refractivity contribution in [2.24, 2.45) is 4.99 Å². The van der Waals surface area contributed by atoms with Crippen molar-refractivity contribution in [3.8, 4) is 0 Å². The molecule has 2 aromatic carbocycles. The van der Waals surface area contributed by atoms with Crippen molar-refractivity contribution in [1.29, 1.82) is 0 Å². The summed E-state index contributed by atoms with van der Waals surface area (Å²) in [5.41, 5.74) is 6.19. The predicted octanol–water partition coefficient (Wildman–Crippen LogP) is 7.94. The van der Waals surface area contributed by atoms with Crippen LogP contribution in [0.3, 0.4) is 0 Å². The molecule has 2 aromatic rings. The van der Waals surface area contributed by atoms with Crippen LogP contribution in [0.1, 0.15) is 82.9 Å². The Morgan fingerprint density at radius 2 is 1.86 bits per heavy atom. The summed E-state index contributed by atoms with van der Waals surface area (Å²) in [7, 11) is 0. The summed E-state index contributed by atoms with van der Waals surface area (Å²) in [5, 5.41) is 0.776. The Morgan fingerprint density at radius 1 is 1.14 bits per heavy atom. The molecule has 1 unspecified atom stereocenters. The maximum Gasteiger partial charge on any atom is 0.0630 e. The van der Waals surface area contributed by atoms with Crippen LogP contribution < -0.4 is 4.90 Å². The molecule has 1 aliphatic heterocycles. The number of anilines is 1. The van der Waals surface area contributed by atoms with Crippen molar-refractivity contribution in [1.82, 2.24) is 0 Å². The van der Waals surface area contributed by atoms with E-state index in [1.54, 1.807) is 0 Å². The Morgan fingerprint density at radius 3 is 2.52 bits per heavy atom. The summed E-state index contributed by atoms with van der Waals surface area (Å²) in [6.07, 6.45) is 7.79. The molecule has 1 heterocycles. The molecule has 3 rings (SSSR count). The normalized spacial score (nSPS) is 18.3. The minimum Gasteiger partial charge on any atom is -0.366 e. The van der Waals surface area contributed by atoms with Crippen molar-refractivity contribution in [2.45, 2.75) is 78.2 Å². The molecule has 0 saturated carbocycles. The lowest BCUT2D eigenvalue weighted by Gasteiger charge is -2.47. The van der Waals surface area contributed by atoms with Crippen molar-refractivity contribution < 1.29 is 0 Å². The second-order valence-corrected chi connectivity index (χ2v) is 9.44. The van der Waals surface area contributed by atoms with Crippen LogP contribution in [-0.4, -0.2) is 18.3 Å². The van der Waals surface area contributed by atoms with E-state index in [1.165, 1.54) is 29.7 Å². The molecule has 156 valence electrons. The number of aryl methyl sites for hydroxylation is 1. The summed E-state index contributed by atoms with van der Waals surface area (Å²) in [6.45, 7) is 12.5. The van der Waals surface area contributed by atoms with Crippen LogP contribution in [0.4, 0.5) is 11.4 Å². The fraction of sp³-hybridized carbons (Fsp3) is 0.500. The molecule has 0 aliphatic carbocycles. The minimum atomic E-state index is 0.154. The van der Waals surface area contributed by atoms with Gasteiger partial charge in [0, 0.05) is 29.5 Å². The Balaban J connectivity index is 1.86. The van der Waals surface area contributed by atoms with E-state index in [0.717, 1.165) is 42.1 Å². The number of nitrogens with zero attached hydrogens (tertiary/aromatic N) is 2. The van der Waals surface area contributed by atoms with Crippen LogP contribution in [0.15, 0.2) is 41.4 Å². The fourth-order valence-electron chi connectivity index (χ4n) is 4.54. The number of unbranched alkanes of at least 4 members (excludes halogenated alkanes) is 1. The molecule has 0 bridgehead atoms. The van der Waals surface area contributed by atoms with Gasteiger partial charge >= 0.3 is 0 Å². The van der Waals surface area contributed by atoms with Gasteiger partial charge < -0.3 is 4.90 Å². The molecular weight excluding hydrogens is 376 g/mol. The molecule has 0 fully saturated rings. The highest BCUT2D eigenvalue weighted by Gasteiger charge is 2.36. The molecule has 0 spiro atoms. The summed E-state index contributed by atoms with van der Waals surface area (Å²) in [4.78, 5) is 7.23. The first-order valence-corrected chi connectivity index (χ1v) is 11.5. The van der Waals surface area contributed by atoms with Crippen molar-refractivity contribution >= 4 is 29.2 Å². The Labute approximate surface area is 182 Å². The first kappa shape index (κ1) is 21.9. The first-order valence-electron chi connectivity index (χ1n) is 11.1. The fourth-order valence-corrected chi connectivity index (χ4v) is 4.75. The zero-order chi connectivity index (χ0) is 21.0. The lowest BCUT2D eigenvalue weighted by atomic mass is 9.79. The van der Waals surface area contributed by atoms with E-state index in [0.29, 0.717) is 5.92 Å². The van der Waals surface area contributed by atoms with Crippen LogP contribution >= 0.6 is 11.6 Å². The van der Waals surface area contributed by atoms with Crippen LogP contribution in [0.25, 0.3) is 0 Å².